The van der Waals surface area contributed by atoms with Crippen LogP contribution in [0, 0.1) is 19.8 Å². The Hall–Kier alpha value is -0.950. The smallest absolute Gasteiger partial charge is 0.240 e. The quantitative estimate of drug-likeness (QED) is 0.860. The van der Waals surface area contributed by atoms with Gasteiger partial charge in [0, 0.05) is 26.2 Å². The Morgan fingerprint density at radius 2 is 2.04 bits per heavy atom. The number of rotatable bonds is 6. The highest BCUT2D eigenvalue weighted by atomic mass is 32.2. The Labute approximate surface area is 140 Å². The number of aryl methyl sites for hydroxylation is 2. The second kappa shape index (κ2) is 7.75. The van der Waals surface area contributed by atoms with E-state index in [1.54, 1.807) is 12.1 Å². The van der Waals surface area contributed by atoms with Gasteiger partial charge in [-0.15, -0.1) is 0 Å². The second-order valence-corrected chi connectivity index (χ2v) is 8.51. The lowest BCUT2D eigenvalue weighted by Crippen LogP contribution is -2.48. The first-order valence-electron chi connectivity index (χ1n) is 8.19. The van der Waals surface area contributed by atoms with Crippen molar-refractivity contribution < 1.29 is 13.2 Å². The van der Waals surface area contributed by atoms with Crippen molar-refractivity contribution in [2.24, 2.45) is 5.92 Å². The molecule has 1 N–H and O–H groups in total. The lowest BCUT2D eigenvalue weighted by molar-refractivity contribution is -0.0280. The van der Waals surface area contributed by atoms with E-state index in [2.05, 4.69) is 23.5 Å². The minimum Gasteiger partial charge on any atom is -0.374 e. The molecule has 5 nitrogen and oxygen atoms in total. The van der Waals surface area contributed by atoms with Gasteiger partial charge in [-0.05, 0) is 43.0 Å². The fourth-order valence-corrected chi connectivity index (χ4v) is 3.90. The summed E-state index contributed by atoms with van der Waals surface area (Å²) in [5, 5.41) is 0. The molecule has 1 aromatic carbocycles. The molecule has 23 heavy (non-hydrogen) atoms. The van der Waals surface area contributed by atoms with Gasteiger partial charge in [0.2, 0.25) is 10.0 Å². The van der Waals surface area contributed by atoms with Crippen molar-refractivity contribution in [1.29, 1.82) is 0 Å². The molecule has 1 aromatic rings. The molecule has 1 saturated heterocycles. The van der Waals surface area contributed by atoms with E-state index in [9.17, 15) is 8.42 Å². The highest BCUT2D eigenvalue weighted by Gasteiger charge is 2.23. The molecule has 2 rings (SSSR count). The lowest BCUT2D eigenvalue weighted by Gasteiger charge is -2.33. The van der Waals surface area contributed by atoms with Gasteiger partial charge in [0.15, 0.2) is 0 Å². The molecule has 0 spiro atoms. The van der Waals surface area contributed by atoms with E-state index in [0.29, 0.717) is 24.0 Å². The van der Waals surface area contributed by atoms with Gasteiger partial charge in [-0.2, -0.15) is 0 Å². The van der Waals surface area contributed by atoms with Gasteiger partial charge in [-0.1, -0.05) is 19.9 Å². The van der Waals surface area contributed by atoms with E-state index < -0.39 is 10.0 Å². The van der Waals surface area contributed by atoms with Crippen LogP contribution in [0.3, 0.4) is 0 Å². The van der Waals surface area contributed by atoms with E-state index in [1.807, 2.05) is 19.9 Å². The minimum absolute atomic E-state index is 0.0937. The van der Waals surface area contributed by atoms with Crippen molar-refractivity contribution in [3.63, 3.8) is 0 Å². The summed E-state index contributed by atoms with van der Waals surface area (Å²) in [5.74, 6) is 0.598. The third-order valence-corrected chi connectivity index (χ3v) is 5.56. The molecule has 0 aromatic heterocycles. The van der Waals surface area contributed by atoms with Crippen LogP contribution in [0.25, 0.3) is 0 Å². The predicted molar refractivity (Wildman–Crippen MR) is 92.1 cm³/mol. The summed E-state index contributed by atoms with van der Waals surface area (Å²) in [4.78, 5) is 2.65. The van der Waals surface area contributed by atoms with E-state index in [1.165, 1.54) is 0 Å². The zero-order valence-corrected chi connectivity index (χ0v) is 15.3. The van der Waals surface area contributed by atoms with Crippen LogP contribution >= 0.6 is 0 Å². The number of hydrogen-bond acceptors (Lipinski definition) is 4. The Bertz CT molecular complexity index is 629. The van der Waals surface area contributed by atoms with Gasteiger partial charge in [0.25, 0.3) is 0 Å². The number of sulfonamides is 1. The summed E-state index contributed by atoms with van der Waals surface area (Å²) in [6.07, 6.45) is -0.0937. The fourth-order valence-electron chi connectivity index (χ4n) is 2.75. The molecule has 0 unspecified atom stereocenters. The standard InChI is InChI=1S/C17H28N2O3S/c1-13(2)11-19-7-8-22-16(12-19)10-18-23(20,21)17-6-5-14(3)15(4)9-17/h5-6,9,13,16,18H,7-8,10-12H2,1-4H3/t16-/m0/s1. The minimum atomic E-state index is -3.49. The first-order chi connectivity index (χ1) is 10.8. The van der Waals surface area contributed by atoms with Crippen LogP contribution in [0.5, 0.6) is 0 Å². The van der Waals surface area contributed by atoms with Crippen molar-refractivity contribution >= 4 is 10.0 Å². The molecule has 0 bridgehead atoms. The van der Waals surface area contributed by atoms with E-state index in [0.717, 1.165) is 30.8 Å². The zero-order chi connectivity index (χ0) is 17.0. The molecular formula is C17H28N2O3S. The highest BCUT2D eigenvalue weighted by Crippen LogP contribution is 2.15. The molecule has 6 heteroatoms. The van der Waals surface area contributed by atoms with Gasteiger partial charge in [0.05, 0.1) is 17.6 Å². The van der Waals surface area contributed by atoms with Gasteiger partial charge in [-0.25, -0.2) is 13.1 Å². The molecule has 1 aliphatic heterocycles. The van der Waals surface area contributed by atoms with E-state index >= 15 is 0 Å². The van der Waals surface area contributed by atoms with Crippen LogP contribution in [0.4, 0.5) is 0 Å². The maximum Gasteiger partial charge on any atom is 0.240 e. The molecular weight excluding hydrogens is 312 g/mol. The number of nitrogens with zero attached hydrogens (tertiary/aromatic N) is 1. The SMILES string of the molecule is Cc1ccc(S(=O)(=O)NC[C@H]2CN(CC(C)C)CCO2)cc1C. The van der Waals surface area contributed by atoms with Crippen LogP contribution in [-0.4, -0.2) is 52.2 Å². The van der Waals surface area contributed by atoms with Crippen LogP contribution in [0.15, 0.2) is 23.1 Å². The summed E-state index contributed by atoms with van der Waals surface area (Å²) in [6, 6.07) is 5.20. The molecule has 0 radical (unpaired) electrons. The van der Waals surface area contributed by atoms with Crippen LogP contribution < -0.4 is 4.72 Å². The van der Waals surface area contributed by atoms with Crippen molar-refractivity contribution in [3.8, 4) is 0 Å². The Balaban J connectivity index is 1.94. The molecule has 1 heterocycles. The maximum atomic E-state index is 12.4. The summed E-state index contributed by atoms with van der Waals surface area (Å²) in [7, 11) is -3.49. The highest BCUT2D eigenvalue weighted by molar-refractivity contribution is 7.89. The topological polar surface area (TPSA) is 58.6 Å². The normalized spacial score (nSPS) is 20.1. The number of hydrogen-bond donors (Lipinski definition) is 1. The van der Waals surface area contributed by atoms with Crippen molar-refractivity contribution in [1.82, 2.24) is 9.62 Å². The first kappa shape index (κ1) is 18.4. The third-order valence-electron chi connectivity index (χ3n) is 4.14. The summed E-state index contributed by atoms with van der Waals surface area (Å²) < 4.78 is 33.2. The molecule has 0 aliphatic carbocycles. The summed E-state index contributed by atoms with van der Waals surface area (Å²) in [6.45, 7) is 11.9. The lowest BCUT2D eigenvalue weighted by atomic mass is 10.1. The number of benzene rings is 1. The number of ether oxygens (including phenoxy) is 1. The van der Waals surface area contributed by atoms with E-state index in [-0.39, 0.29) is 6.10 Å². The molecule has 0 amide bonds. The first-order valence-corrected chi connectivity index (χ1v) is 9.67. The van der Waals surface area contributed by atoms with Crippen molar-refractivity contribution in [3.05, 3.63) is 29.3 Å². The predicted octanol–water partition coefficient (Wildman–Crippen LogP) is 1.94. The fraction of sp³-hybridized carbons (Fsp3) is 0.647. The summed E-state index contributed by atoms with van der Waals surface area (Å²) in [5.41, 5.74) is 2.06. The van der Waals surface area contributed by atoms with Gasteiger partial charge >= 0.3 is 0 Å². The average molecular weight is 340 g/mol. The maximum absolute atomic E-state index is 12.4. The van der Waals surface area contributed by atoms with E-state index in [4.69, 9.17) is 4.74 Å². The molecule has 0 saturated carbocycles. The second-order valence-electron chi connectivity index (χ2n) is 6.74. The van der Waals surface area contributed by atoms with Crippen molar-refractivity contribution in [2.45, 2.75) is 38.7 Å². The average Bonchev–Trinajstić information content (AvgIpc) is 2.48. The van der Waals surface area contributed by atoms with Gasteiger partial charge < -0.3 is 4.74 Å². The largest absolute Gasteiger partial charge is 0.374 e. The van der Waals surface area contributed by atoms with Crippen LogP contribution in [0.2, 0.25) is 0 Å². The summed E-state index contributed by atoms with van der Waals surface area (Å²) >= 11 is 0. The molecule has 1 fully saturated rings. The van der Waals surface area contributed by atoms with Gasteiger partial charge in [0.1, 0.15) is 0 Å². The molecule has 130 valence electrons. The Kier molecular flexibility index (Phi) is 6.19. The Morgan fingerprint density at radius 3 is 2.70 bits per heavy atom. The number of morpholine rings is 1. The number of nitrogens with one attached hydrogen (secondary N) is 1. The molecule has 1 atom stereocenters. The Morgan fingerprint density at radius 1 is 1.30 bits per heavy atom. The van der Waals surface area contributed by atoms with Crippen molar-refractivity contribution in [2.75, 3.05) is 32.8 Å². The third kappa shape index (κ3) is 5.28. The van der Waals surface area contributed by atoms with Crippen LogP contribution in [-0.2, 0) is 14.8 Å². The monoisotopic (exact) mass is 340 g/mol. The molecule has 1 aliphatic rings. The zero-order valence-electron chi connectivity index (χ0n) is 14.5. The van der Waals surface area contributed by atoms with Gasteiger partial charge in [-0.3, -0.25) is 4.90 Å². The van der Waals surface area contributed by atoms with Crippen LogP contribution in [0.1, 0.15) is 25.0 Å².